The number of halogens is 3. The Morgan fingerprint density at radius 2 is 2.10 bits per heavy atom. The minimum atomic E-state index is -4.55. The van der Waals surface area contributed by atoms with E-state index in [-0.39, 0.29) is 23.3 Å². The summed E-state index contributed by atoms with van der Waals surface area (Å²) < 4.78 is 38.2. The fourth-order valence-electron chi connectivity index (χ4n) is 1.61. The summed E-state index contributed by atoms with van der Waals surface area (Å²) in [6, 6.07) is 1.91. The van der Waals surface area contributed by atoms with Gasteiger partial charge in [0.1, 0.15) is 11.5 Å². The summed E-state index contributed by atoms with van der Waals surface area (Å²) >= 11 is 0. The van der Waals surface area contributed by atoms with Crippen molar-refractivity contribution in [2.24, 2.45) is 10.9 Å². The zero-order valence-electron chi connectivity index (χ0n) is 11.4. The first-order valence-electron chi connectivity index (χ1n) is 6.01. The molecule has 0 aromatic carbocycles. The van der Waals surface area contributed by atoms with Crippen molar-refractivity contribution in [3.8, 4) is 0 Å². The lowest BCUT2D eigenvalue weighted by atomic mass is 10.1. The maximum absolute atomic E-state index is 12.7. The van der Waals surface area contributed by atoms with Crippen LogP contribution in [0.1, 0.15) is 31.5 Å². The molecule has 0 radical (unpaired) electrons. The van der Waals surface area contributed by atoms with Gasteiger partial charge in [0.2, 0.25) is 0 Å². The fourth-order valence-corrected chi connectivity index (χ4v) is 1.61. The summed E-state index contributed by atoms with van der Waals surface area (Å²) in [6.45, 7) is 3.75. The highest BCUT2D eigenvalue weighted by molar-refractivity contribution is 6.01. The van der Waals surface area contributed by atoms with Crippen LogP contribution in [0.2, 0.25) is 0 Å². The van der Waals surface area contributed by atoms with Gasteiger partial charge < -0.3 is 15.8 Å². The number of rotatable bonds is 4. The molecule has 112 valence electrons. The van der Waals surface area contributed by atoms with Gasteiger partial charge in [-0.15, -0.1) is 0 Å². The van der Waals surface area contributed by atoms with Crippen LogP contribution < -0.4 is 10.6 Å². The molecule has 0 aliphatic heterocycles. The van der Waals surface area contributed by atoms with Gasteiger partial charge in [0.25, 0.3) is 0 Å². The van der Waals surface area contributed by atoms with Crippen LogP contribution >= 0.6 is 0 Å². The first-order valence-corrected chi connectivity index (χ1v) is 6.01. The van der Waals surface area contributed by atoms with Crippen LogP contribution in [0.4, 0.5) is 19.0 Å². The predicted molar refractivity (Wildman–Crippen MR) is 69.9 cm³/mol. The van der Waals surface area contributed by atoms with Crippen LogP contribution in [0, 0.1) is 0 Å². The molecule has 1 heterocycles. The van der Waals surface area contributed by atoms with Gasteiger partial charge in [-0.05, 0) is 25.5 Å². The number of amidine groups is 1. The molecule has 0 fully saturated rings. The number of oxime groups is 1. The van der Waals surface area contributed by atoms with E-state index in [2.05, 4.69) is 10.1 Å². The number of nitrogens with zero attached hydrogens (tertiary/aromatic N) is 3. The summed E-state index contributed by atoms with van der Waals surface area (Å²) in [6.07, 6.45) is -3.83. The summed E-state index contributed by atoms with van der Waals surface area (Å²) in [5, 5.41) is 11.5. The number of hydrogen-bond donors (Lipinski definition) is 2. The van der Waals surface area contributed by atoms with Crippen LogP contribution in [0.5, 0.6) is 0 Å². The highest BCUT2D eigenvalue weighted by Crippen LogP contribution is 2.30. The smallest absolute Gasteiger partial charge is 0.409 e. The topological polar surface area (TPSA) is 74.7 Å². The van der Waals surface area contributed by atoms with Gasteiger partial charge in [-0.25, -0.2) is 4.98 Å². The third kappa shape index (κ3) is 3.31. The Bertz CT molecular complexity index is 502. The lowest BCUT2D eigenvalue weighted by molar-refractivity contribution is -0.141. The second kappa shape index (κ2) is 5.98. The Morgan fingerprint density at radius 3 is 2.55 bits per heavy atom. The highest BCUT2D eigenvalue weighted by atomic mass is 19.4. The molecule has 20 heavy (non-hydrogen) atoms. The average Bonchev–Trinajstić information content (AvgIpc) is 2.43. The third-order valence-electron chi connectivity index (χ3n) is 3.14. The number of nitrogens with two attached hydrogens (primary N) is 1. The van der Waals surface area contributed by atoms with E-state index in [4.69, 9.17) is 10.9 Å². The Labute approximate surface area is 114 Å². The summed E-state index contributed by atoms with van der Waals surface area (Å²) in [5.41, 5.74) is 4.62. The van der Waals surface area contributed by atoms with Gasteiger partial charge >= 0.3 is 6.18 Å². The number of anilines is 1. The third-order valence-corrected chi connectivity index (χ3v) is 3.14. The Kier molecular flexibility index (Phi) is 4.80. The molecular formula is C12H17F3N4O. The highest BCUT2D eigenvalue weighted by Gasteiger charge is 2.34. The minimum Gasteiger partial charge on any atom is -0.409 e. The number of hydrogen-bond acceptors (Lipinski definition) is 4. The van der Waals surface area contributed by atoms with Crippen molar-refractivity contribution >= 4 is 11.7 Å². The van der Waals surface area contributed by atoms with Crippen LogP contribution in [-0.2, 0) is 6.18 Å². The van der Waals surface area contributed by atoms with E-state index >= 15 is 0 Å². The summed E-state index contributed by atoms with van der Waals surface area (Å²) in [7, 11) is 1.62. The van der Waals surface area contributed by atoms with Crippen molar-refractivity contribution in [1.82, 2.24) is 4.98 Å². The van der Waals surface area contributed by atoms with E-state index in [1.54, 1.807) is 11.9 Å². The molecule has 3 N–H and O–H groups in total. The maximum atomic E-state index is 12.7. The van der Waals surface area contributed by atoms with Gasteiger partial charge in [0.15, 0.2) is 5.84 Å². The van der Waals surface area contributed by atoms with Crippen molar-refractivity contribution in [3.05, 3.63) is 23.4 Å². The standard InChI is InChI=1S/C12H17F3N4O/c1-4-7(2)19(3)11-8(10(16)18-20)5-6-9(17-11)12(13,14)15/h5-7,20H,4H2,1-3H3,(H2,16,18). The normalized spacial score (nSPS) is 14.2. The van der Waals surface area contributed by atoms with E-state index < -0.39 is 11.9 Å². The predicted octanol–water partition coefficient (Wildman–Crippen LogP) is 2.43. The van der Waals surface area contributed by atoms with Gasteiger partial charge in [0.05, 0.1) is 5.56 Å². The molecule has 1 aromatic rings. The molecular weight excluding hydrogens is 273 g/mol. The van der Waals surface area contributed by atoms with Crippen molar-refractivity contribution in [1.29, 1.82) is 0 Å². The van der Waals surface area contributed by atoms with Gasteiger partial charge in [-0.1, -0.05) is 12.1 Å². The number of alkyl halides is 3. The molecule has 0 aliphatic carbocycles. The van der Waals surface area contributed by atoms with Crippen molar-refractivity contribution < 1.29 is 18.4 Å². The fraction of sp³-hybridized carbons (Fsp3) is 0.500. The van der Waals surface area contributed by atoms with Gasteiger partial charge in [-0.2, -0.15) is 13.2 Å². The van der Waals surface area contributed by atoms with Gasteiger partial charge in [0, 0.05) is 13.1 Å². The first-order chi connectivity index (χ1) is 9.22. The molecule has 0 bridgehead atoms. The average molecular weight is 290 g/mol. The summed E-state index contributed by atoms with van der Waals surface area (Å²) in [5.74, 6) is -0.249. The monoisotopic (exact) mass is 290 g/mol. The number of pyridine rings is 1. The molecule has 5 nitrogen and oxygen atoms in total. The van der Waals surface area contributed by atoms with Crippen molar-refractivity contribution in [3.63, 3.8) is 0 Å². The van der Waals surface area contributed by atoms with Crippen LogP contribution in [-0.4, -0.2) is 29.1 Å². The molecule has 0 saturated heterocycles. The molecule has 1 aromatic heterocycles. The van der Waals surface area contributed by atoms with Crippen molar-refractivity contribution in [2.75, 3.05) is 11.9 Å². The second-order valence-electron chi connectivity index (χ2n) is 4.42. The van der Waals surface area contributed by atoms with Crippen LogP contribution in [0.3, 0.4) is 0 Å². The van der Waals surface area contributed by atoms with E-state index in [1.165, 1.54) is 0 Å². The van der Waals surface area contributed by atoms with E-state index in [9.17, 15) is 13.2 Å². The Hall–Kier alpha value is -1.99. The SMILES string of the molecule is CCC(C)N(C)c1nc(C(F)(F)F)ccc1C(N)=NO. The first kappa shape index (κ1) is 16.1. The molecule has 0 amide bonds. The zero-order valence-corrected chi connectivity index (χ0v) is 11.4. The lowest BCUT2D eigenvalue weighted by Gasteiger charge is -2.27. The van der Waals surface area contributed by atoms with E-state index in [1.807, 2.05) is 13.8 Å². The molecule has 0 spiro atoms. The molecule has 1 rings (SSSR count). The minimum absolute atomic E-state index is 0.0319. The van der Waals surface area contributed by atoms with E-state index in [0.717, 1.165) is 12.1 Å². The van der Waals surface area contributed by atoms with E-state index in [0.29, 0.717) is 6.42 Å². The molecule has 8 heteroatoms. The Balaban J connectivity index is 3.41. The molecule has 0 aliphatic rings. The molecule has 1 atom stereocenters. The van der Waals surface area contributed by atoms with Crippen LogP contribution in [0.25, 0.3) is 0 Å². The van der Waals surface area contributed by atoms with Crippen molar-refractivity contribution in [2.45, 2.75) is 32.5 Å². The second-order valence-corrected chi connectivity index (χ2v) is 4.42. The largest absolute Gasteiger partial charge is 0.433 e. The van der Waals surface area contributed by atoms with Crippen LogP contribution in [0.15, 0.2) is 17.3 Å². The molecule has 0 saturated carbocycles. The maximum Gasteiger partial charge on any atom is 0.433 e. The Morgan fingerprint density at radius 1 is 1.50 bits per heavy atom. The summed E-state index contributed by atoms with van der Waals surface area (Å²) in [4.78, 5) is 5.18. The quantitative estimate of drug-likeness (QED) is 0.386. The molecule has 1 unspecified atom stereocenters. The van der Waals surface area contributed by atoms with Gasteiger partial charge in [-0.3, -0.25) is 0 Å². The zero-order chi connectivity index (χ0) is 15.5. The lowest BCUT2D eigenvalue weighted by Crippen LogP contribution is -2.32. The number of aromatic nitrogens is 1.